The molecule has 21 heavy (non-hydrogen) atoms. The van der Waals surface area contributed by atoms with Crippen LogP contribution in [-0.4, -0.2) is 45.8 Å². The maximum atomic E-state index is 12.1. The minimum Gasteiger partial charge on any atom is -0.353 e. The minimum atomic E-state index is 0.135. The summed E-state index contributed by atoms with van der Waals surface area (Å²) in [5.41, 5.74) is 3.48. The SMILES string of the molecule is Cc1nn(C)c(C)c1CC(C)NC(=O)CC1CSCCN1. The molecule has 0 radical (unpaired) electrons. The third-order valence-electron chi connectivity index (χ3n) is 4.01. The molecule has 1 aromatic heterocycles. The lowest BCUT2D eigenvalue weighted by molar-refractivity contribution is -0.122. The minimum absolute atomic E-state index is 0.135. The van der Waals surface area contributed by atoms with Crippen molar-refractivity contribution in [1.29, 1.82) is 0 Å². The molecule has 0 saturated carbocycles. The second-order valence-electron chi connectivity index (χ2n) is 5.88. The van der Waals surface area contributed by atoms with Crippen LogP contribution in [0.4, 0.5) is 0 Å². The van der Waals surface area contributed by atoms with E-state index in [0.29, 0.717) is 12.5 Å². The third-order valence-corrected chi connectivity index (χ3v) is 5.14. The Hall–Kier alpha value is -1.01. The maximum absolute atomic E-state index is 12.1. The highest BCUT2D eigenvalue weighted by Gasteiger charge is 2.19. The molecule has 2 N–H and O–H groups in total. The molecule has 0 bridgehead atoms. The van der Waals surface area contributed by atoms with E-state index in [1.165, 1.54) is 11.3 Å². The van der Waals surface area contributed by atoms with E-state index >= 15 is 0 Å². The smallest absolute Gasteiger partial charge is 0.221 e. The molecule has 2 unspecified atom stereocenters. The number of carbonyl (C=O) groups is 1. The van der Waals surface area contributed by atoms with Crippen molar-refractivity contribution in [3.63, 3.8) is 0 Å². The van der Waals surface area contributed by atoms with Gasteiger partial charge in [-0.3, -0.25) is 9.48 Å². The van der Waals surface area contributed by atoms with Gasteiger partial charge < -0.3 is 10.6 Å². The van der Waals surface area contributed by atoms with Gasteiger partial charge >= 0.3 is 0 Å². The lowest BCUT2D eigenvalue weighted by atomic mass is 10.0. The van der Waals surface area contributed by atoms with Crippen LogP contribution >= 0.6 is 11.8 Å². The number of rotatable bonds is 5. The lowest BCUT2D eigenvalue weighted by Crippen LogP contribution is -2.43. The molecule has 0 spiro atoms. The molecule has 2 atom stereocenters. The molecule has 1 saturated heterocycles. The molecular formula is C15H26N4OS. The number of aromatic nitrogens is 2. The van der Waals surface area contributed by atoms with E-state index in [-0.39, 0.29) is 11.9 Å². The number of thioether (sulfide) groups is 1. The molecule has 1 aliphatic rings. The normalized spacial score (nSPS) is 20.3. The summed E-state index contributed by atoms with van der Waals surface area (Å²) >= 11 is 1.92. The van der Waals surface area contributed by atoms with Crippen molar-refractivity contribution >= 4 is 17.7 Å². The van der Waals surface area contributed by atoms with Gasteiger partial charge in [-0.15, -0.1) is 0 Å². The van der Waals surface area contributed by atoms with Gasteiger partial charge in [0.15, 0.2) is 0 Å². The first-order chi connectivity index (χ1) is 9.97. The molecule has 1 aliphatic heterocycles. The van der Waals surface area contributed by atoms with Crippen LogP contribution in [0.5, 0.6) is 0 Å². The highest BCUT2D eigenvalue weighted by Crippen LogP contribution is 2.14. The van der Waals surface area contributed by atoms with Gasteiger partial charge in [0.05, 0.1) is 5.69 Å². The molecule has 6 heteroatoms. The Morgan fingerprint density at radius 1 is 1.57 bits per heavy atom. The summed E-state index contributed by atoms with van der Waals surface area (Å²) in [7, 11) is 1.96. The van der Waals surface area contributed by atoms with Crippen molar-refractivity contribution < 1.29 is 4.79 Å². The van der Waals surface area contributed by atoms with Gasteiger partial charge in [-0.05, 0) is 32.8 Å². The molecule has 2 heterocycles. The van der Waals surface area contributed by atoms with E-state index < -0.39 is 0 Å². The first kappa shape index (κ1) is 16.4. The first-order valence-electron chi connectivity index (χ1n) is 7.57. The number of hydrogen-bond acceptors (Lipinski definition) is 4. The monoisotopic (exact) mass is 310 g/mol. The van der Waals surface area contributed by atoms with Crippen molar-refractivity contribution in [3.8, 4) is 0 Å². The second-order valence-corrected chi connectivity index (χ2v) is 7.03. The zero-order valence-corrected chi connectivity index (χ0v) is 14.2. The number of hydrogen-bond donors (Lipinski definition) is 2. The topological polar surface area (TPSA) is 59.0 Å². The van der Waals surface area contributed by atoms with E-state index in [1.807, 2.05) is 30.4 Å². The molecule has 2 rings (SSSR count). The Morgan fingerprint density at radius 2 is 2.33 bits per heavy atom. The summed E-state index contributed by atoms with van der Waals surface area (Å²) in [5, 5.41) is 10.9. The lowest BCUT2D eigenvalue weighted by Gasteiger charge is -2.23. The van der Waals surface area contributed by atoms with Crippen LogP contribution in [0.2, 0.25) is 0 Å². The van der Waals surface area contributed by atoms with Crippen LogP contribution in [0.25, 0.3) is 0 Å². The fraction of sp³-hybridized carbons (Fsp3) is 0.733. The summed E-state index contributed by atoms with van der Waals surface area (Å²) in [6, 6.07) is 0.452. The van der Waals surface area contributed by atoms with Crippen molar-refractivity contribution in [3.05, 3.63) is 17.0 Å². The zero-order chi connectivity index (χ0) is 15.4. The zero-order valence-electron chi connectivity index (χ0n) is 13.4. The van der Waals surface area contributed by atoms with Crippen molar-refractivity contribution in [2.24, 2.45) is 7.05 Å². The standard InChI is InChI=1S/C15H26N4OS/c1-10(7-14-11(2)18-19(4)12(14)3)17-15(20)8-13-9-21-6-5-16-13/h10,13,16H,5-9H2,1-4H3,(H,17,20). The van der Waals surface area contributed by atoms with Gasteiger partial charge in [0.1, 0.15) is 0 Å². The Morgan fingerprint density at radius 3 is 2.90 bits per heavy atom. The number of aryl methyl sites for hydroxylation is 2. The highest BCUT2D eigenvalue weighted by atomic mass is 32.2. The van der Waals surface area contributed by atoms with Crippen LogP contribution < -0.4 is 10.6 Å². The van der Waals surface area contributed by atoms with E-state index in [2.05, 4.69) is 29.6 Å². The third kappa shape index (κ3) is 4.48. The van der Waals surface area contributed by atoms with Gasteiger partial charge in [-0.1, -0.05) is 0 Å². The van der Waals surface area contributed by atoms with Gasteiger partial charge in [-0.2, -0.15) is 16.9 Å². The number of amides is 1. The summed E-state index contributed by atoms with van der Waals surface area (Å²) in [4.78, 5) is 12.1. The second kappa shape index (κ2) is 7.31. The number of nitrogens with zero attached hydrogens (tertiary/aromatic N) is 2. The quantitative estimate of drug-likeness (QED) is 0.857. The fourth-order valence-corrected chi connectivity index (χ4v) is 3.73. The molecule has 1 fully saturated rings. The van der Waals surface area contributed by atoms with E-state index in [1.54, 1.807) is 0 Å². The summed E-state index contributed by atoms with van der Waals surface area (Å²) < 4.78 is 1.91. The molecule has 5 nitrogen and oxygen atoms in total. The van der Waals surface area contributed by atoms with Gasteiger partial charge in [-0.25, -0.2) is 0 Å². The maximum Gasteiger partial charge on any atom is 0.221 e. The van der Waals surface area contributed by atoms with Crippen LogP contribution in [0, 0.1) is 13.8 Å². The molecular weight excluding hydrogens is 284 g/mol. The van der Waals surface area contributed by atoms with Crippen LogP contribution in [-0.2, 0) is 18.3 Å². The van der Waals surface area contributed by atoms with E-state index in [0.717, 1.165) is 30.2 Å². The summed E-state index contributed by atoms with van der Waals surface area (Å²) in [6.45, 7) is 7.17. The molecule has 118 valence electrons. The van der Waals surface area contributed by atoms with E-state index in [4.69, 9.17) is 0 Å². The summed E-state index contributed by atoms with van der Waals surface area (Å²) in [6.07, 6.45) is 1.41. The summed E-state index contributed by atoms with van der Waals surface area (Å²) in [5.74, 6) is 2.32. The van der Waals surface area contributed by atoms with Crippen molar-refractivity contribution in [1.82, 2.24) is 20.4 Å². The van der Waals surface area contributed by atoms with Crippen LogP contribution in [0.3, 0.4) is 0 Å². The highest BCUT2D eigenvalue weighted by molar-refractivity contribution is 7.99. The number of carbonyl (C=O) groups excluding carboxylic acids is 1. The van der Waals surface area contributed by atoms with Gasteiger partial charge in [0.2, 0.25) is 5.91 Å². The molecule has 1 amide bonds. The Bertz CT molecular complexity index is 494. The van der Waals surface area contributed by atoms with Crippen LogP contribution in [0.1, 0.15) is 30.3 Å². The van der Waals surface area contributed by atoms with Crippen LogP contribution in [0.15, 0.2) is 0 Å². The first-order valence-corrected chi connectivity index (χ1v) is 8.72. The van der Waals surface area contributed by atoms with Gasteiger partial charge in [0.25, 0.3) is 0 Å². The Labute approximate surface area is 131 Å². The fourth-order valence-electron chi connectivity index (χ4n) is 2.78. The van der Waals surface area contributed by atoms with Gasteiger partial charge in [0, 0.05) is 49.3 Å². The molecule has 0 aromatic carbocycles. The predicted octanol–water partition coefficient (Wildman–Crippen LogP) is 1.18. The molecule has 0 aliphatic carbocycles. The Balaban J connectivity index is 1.83. The van der Waals surface area contributed by atoms with Crippen molar-refractivity contribution in [2.75, 3.05) is 18.1 Å². The predicted molar refractivity (Wildman–Crippen MR) is 87.7 cm³/mol. The average Bonchev–Trinajstić information content (AvgIpc) is 2.66. The van der Waals surface area contributed by atoms with E-state index in [9.17, 15) is 4.79 Å². The number of nitrogens with one attached hydrogen (secondary N) is 2. The largest absolute Gasteiger partial charge is 0.353 e. The average molecular weight is 310 g/mol. The Kier molecular flexibility index (Phi) is 5.70. The van der Waals surface area contributed by atoms with Crippen molar-refractivity contribution in [2.45, 2.75) is 45.7 Å². The molecule has 1 aromatic rings.